The number of rotatable bonds is 5. The number of nitrogens with zero attached hydrogens (tertiary/aromatic N) is 3. The fourth-order valence-electron chi connectivity index (χ4n) is 3.56. The molecule has 1 aliphatic rings. The molecule has 2 aromatic carbocycles. The van der Waals surface area contributed by atoms with Crippen LogP contribution in [0.3, 0.4) is 0 Å². The Bertz CT molecular complexity index is 852. The highest BCUT2D eigenvalue weighted by Gasteiger charge is 2.33. The number of aromatic nitrogens is 3. The molecule has 0 bridgehead atoms. The minimum Gasteiger partial charge on any atom is -0.493 e. The summed E-state index contributed by atoms with van der Waals surface area (Å²) in [7, 11) is 3.33. The van der Waals surface area contributed by atoms with Gasteiger partial charge in [-0.25, -0.2) is 4.57 Å². The minimum atomic E-state index is 0.437. The largest absolute Gasteiger partial charge is 0.493 e. The monoisotopic (exact) mass is 336 g/mol. The van der Waals surface area contributed by atoms with Gasteiger partial charge in [0.25, 0.3) is 5.82 Å². The molecule has 0 N–H and O–H groups in total. The summed E-state index contributed by atoms with van der Waals surface area (Å²) in [6, 6.07) is 16.8. The van der Waals surface area contributed by atoms with Crippen molar-refractivity contribution >= 4 is 0 Å². The molecule has 1 aliphatic heterocycles. The number of aryl methyl sites for hydroxylation is 1. The maximum atomic E-state index is 5.52. The summed E-state index contributed by atoms with van der Waals surface area (Å²) in [5, 5.41) is 4.79. The van der Waals surface area contributed by atoms with E-state index in [1.165, 1.54) is 5.56 Å². The van der Waals surface area contributed by atoms with Crippen molar-refractivity contribution in [3.8, 4) is 17.2 Å². The van der Waals surface area contributed by atoms with Crippen LogP contribution in [-0.2, 0) is 12.8 Å². The van der Waals surface area contributed by atoms with Crippen molar-refractivity contribution in [3.05, 3.63) is 66.2 Å². The van der Waals surface area contributed by atoms with Crippen molar-refractivity contribution in [1.82, 2.24) is 9.78 Å². The zero-order valence-electron chi connectivity index (χ0n) is 14.6. The number of fused-ring (bicyclic) bond motifs is 1. The van der Waals surface area contributed by atoms with Crippen LogP contribution in [0.25, 0.3) is 5.69 Å². The van der Waals surface area contributed by atoms with Gasteiger partial charge in [-0.05, 0) is 24.1 Å². The lowest BCUT2D eigenvalue weighted by Crippen LogP contribution is -2.37. The van der Waals surface area contributed by atoms with Crippen molar-refractivity contribution in [2.75, 3.05) is 14.2 Å². The van der Waals surface area contributed by atoms with Crippen LogP contribution in [0.5, 0.6) is 11.5 Å². The van der Waals surface area contributed by atoms with E-state index in [4.69, 9.17) is 14.6 Å². The smallest absolute Gasteiger partial charge is 0.278 e. The van der Waals surface area contributed by atoms with E-state index in [1.807, 2.05) is 22.9 Å². The molecule has 4 rings (SSSR count). The Morgan fingerprint density at radius 3 is 2.44 bits per heavy atom. The van der Waals surface area contributed by atoms with Crippen molar-refractivity contribution in [2.24, 2.45) is 0 Å². The maximum absolute atomic E-state index is 5.52. The zero-order chi connectivity index (χ0) is 17.2. The molecular formula is C20H22N3O2+. The van der Waals surface area contributed by atoms with Crippen LogP contribution in [0.1, 0.15) is 23.9 Å². The van der Waals surface area contributed by atoms with E-state index in [1.54, 1.807) is 14.2 Å². The molecule has 5 nitrogen and oxygen atoms in total. The first-order valence-corrected chi connectivity index (χ1v) is 8.55. The minimum absolute atomic E-state index is 0.437. The third-order valence-corrected chi connectivity index (χ3v) is 4.79. The second-order valence-corrected chi connectivity index (χ2v) is 6.28. The number of benzene rings is 2. The number of para-hydroxylation sites is 1. The van der Waals surface area contributed by atoms with Gasteiger partial charge in [-0.2, -0.15) is 0 Å². The lowest BCUT2D eigenvalue weighted by atomic mass is 10.0. The summed E-state index contributed by atoms with van der Waals surface area (Å²) in [6.45, 7) is 0. The first kappa shape index (κ1) is 15.7. The predicted molar refractivity (Wildman–Crippen MR) is 94.4 cm³/mol. The van der Waals surface area contributed by atoms with Gasteiger partial charge in [-0.1, -0.05) is 41.1 Å². The molecule has 25 heavy (non-hydrogen) atoms. The summed E-state index contributed by atoms with van der Waals surface area (Å²) >= 11 is 0. The molecule has 3 aromatic rings. The second kappa shape index (κ2) is 6.59. The molecule has 0 aliphatic carbocycles. The van der Waals surface area contributed by atoms with E-state index in [9.17, 15) is 0 Å². The van der Waals surface area contributed by atoms with E-state index >= 15 is 0 Å². The fourth-order valence-corrected chi connectivity index (χ4v) is 3.56. The van der Waals surface area contributed by atoms with Gasteiger partial charge in [-0.3, -0.25) is 0 Å². The summed E-state index contributed by atoms with van der Waals surface area (Å²) in [5.41, 5.74) is 2.20. The third-order valence-electron chi connectivity index (χ3n) is 4.79. The van der Waals surface area contributed by atoms with Crippen LogP contribution in [0, 0.1) is 0 Å². The Morgan fingerprint density at radius 1 is 1.04 bits per heavy atom. The van der Waals surface area contributed by atoms with Crippen molar-refractivity contribution < 1.29 is 14.0 Å². The van der Waals surface area contributed by atoms with Gasteiger partial charge < -0.3 is 9.47 Å². The molecule has 1 aromatic heterocycles. The Hall–Kier alpha value is -2.82. The Balaban J connectivity index is 1.69. The SMILES string of the molecule is COc1cccc(OC)c1-n1c[n+]2c(n1)CCC2Cc1ccccc1. The van der Waals surface area contributed by atoms with Gasteiger partial charge in [0.15, 0.2) is 11.5 Å². The molecule has 128 valence electrons. The number of ether oxygens (including phenoxy) is 2. The van der Waals surface area contributed by atoms with Crippen LogP contribution in [0.2, 0.25) is 0 Å². The summed E-state index contributed by atoms with van der Waals surface area (Å²) in [6.07, 6.45) is 5.20. The molecule has 0 amide bonds. The van der Waals surface area contributed by atoms with Crippen LogP contribution in [0.4, 0.5) is 0 Å². The molecule has 1 unspecified atom stereocenters. The highest BCUT2D eigenvalue weighted by atomic mass is 16.5. The third kappa shape index (κ3) is 2.86. The Morgan fingerprint density at radius 2 is 1.76 bits per heavy atom. The molecule has 0 saturated heterocycles. The average molecular weight is 336 g/mol. The standard InChI is InChI=1S/C20H22N3O2/c1-24-17-9-6-10-18(25-2)20(17)23-14-22-16(11-12-19(22)21-23)13-15-7-4-3-5-8-15/h3-10,14,16H,11-13H2,1-2H3/q+1. The molecule has 1 atom stereocenters. The highest BCUT2D eigenvalue weighted by molar-refractivity contribution is 5.56. The molecular weight excluding hydrogens is 314 g/mol. The van der Waals surface area contributed by atoms with E-state index in [0.29, 0.717) is 6.04 Å². The van der Waals surface area contributed by atoms with Crippen LogP contribution < -0.4 is 14.0 Å². The lowest BCUT2D eigenvalue weighted by Gasteiger charge is -2.10. The van der Waals surface area contributed by atoms with E-state index in [2.05, 4.69) is 41.2 Å². The number of hydrogen-bond acceptors (Lipinski definition) is 3. The van der Waals surface area contributed by atoms with Gasteiger partial charge in [0.05, 0.1) is 20.3 Å². The summed E-state index contributed by atoms with van der Waals surface area (Å²) in [5.74, 6) is 2.61. The topological polar surface area (TPSA) is 40.2 Å². The molecule has 0 spiro atoms. The number of hydrogen-bond donors (Lipinski definition) is 0. The highest BCUT2D eigenvalue weighted by Crippen LogP contribution is 2.32. The van der Waals surface area contributed by atoms with E-state index in [-0.39, 0.29) is 0 Å². The second-order valence-electron chi connectivity index (χ2n) is 6.28. The molecule has 2 heterocycles. The first-order valence-electron chi connectivity index (χ1n) is 8.55. The van der Waals surface area contributed by atoms with Crippen LogP contribution >= 0.6 is 0 Å². The Kier molecular flexibility index (Phi) is 4.14. The van der Waals surface area contributed by atoms with Crippen molar-refractivity contribution in [1.29, 1.82) is 0 Å². The molecule has 0 saturated carbocycles. The van der Waals surface area contributed by atoms with Gasteiger partial charge in [-0.15, -0.1) is 0 Å². The number of methoxy groups -OCH3 is 2. The normalized spacial score (nSPS) is 15.8. The first-order chi connectivity index (χ1) is 12.3. The molecule has 0 fully saturated rings. The van der Waals surface area contributed by atoms with Gasteiger partial charge >= 0.3 is 0 Å². The van der Waals surface area contributed by atoms with Crippen molar-refractivity contribution in [2.45, 2.75) is 25.3 Å². The zero-order valence-corrected chi connectivity index (χ0v) is 14.6. The lowest BCUT2D eigenvalue weighted by molar-refractivity contribution is -0.716. The van der Waals surface area contributed by atoms with Gasteiger partial charge in [0, 0.05) is 17.9 Å². The average Bonchev–Trinajstić information content (AvgIpc) is 3.23. The van der Waals surface area contributed by atoms with E-state index < -0.39 is 0 Å². The van der Waals surface area contributed by atoms with Crippen molar-refractivity contribution in [3.63, 3.8) is 0 Å². The predicted octanol–water partition coefficient (Wildman–Crippen LogP) is 2.91. The quantitative estimate of drug-likeness (QED) is 0.673. The molecule has 5 heteroatoms. The van der Waals surface area contributed by atoms with Crippen LogP contribution in [0.15, 0.2) is 54.9 Å². The van der Waals surface area contributed by atoms with Gasteiger partial charge in [0.2, 0.25) is 12.0 Å². The van der Waals surface area contributed by atoms with Gasteiger partial charge in [0.1, 0.15) is 0 Å². The molecule has 0 radical (unpaired) electrons. The summed E-state index contributed by atoms with van der Waals surface area (Å²) in [4.78, 5) is 0. The van der Waals surface area contributed by atoms with Crippen LogP contribution in [-0.4, -0.2) is 24.0 Å². The Labute approximate surface area is 147 Å². The van der Waals surface area contributed by atoms with E-state index in [0.717, 1.165) is 42.3 Å². The summed E-state index contributed by atoms with van der Waals surface area (Å²) < 4.78 is 15.2. The maximum Gasteiger partial charge on any atom is 0.278 e. The fraction of sp³-hybridized carbons (Fsp3) is 0.300.